The molecule has 1 rings (SSSR count). The van der Waals surface area contributed by atoms with E-state index in [-0.39, 0.29) is 5.92 Å². The molecule has 1 aromatic carbocycles. The monoisotopic (exact) mass is 320 g/mol. The molecule has 1 unspecified atom stereocenters. The lowest BCUT2D eigenvalue weighted by Crippen LogP contribution is -2.05. The van der Waals surface area contributed by atoms with Gasteiger partial charge >= 0.3 is 0 Å². The van der Waals surface area contributed by atoms with Gasteiger partial charge in [0, 0.05) is 5.31 Å². The molecule has 1 aromatic rings. The Labute approximate surface area is 126 Å². The van der Waals surface area contributed by atoms with Gasteiger partial charge in [0.05, 0.1) is 21.0 Å². The van der Waals surface area contributed by atoms with E-state index in [1.54, 1.807) is 7.11 Å². The third-order valence-electron chi connectivity index (χ3n) is 2.53. The summed E-state index contributed by atoms with van der Waals surface area (Å²) in [6, 6.07) is 7.74. The second kappa shape index (κ2) is 7.99. The van der Waals surface area contributed by atoms with Gasteiger partial charge in [-0.25, -0.2) is 0 Å². The maximum Gasteiger partial charge on any atom is 0.192 e. The van der Waals surface area contributed by atoms with E-state index in [1.165, 1.54) is 0 Å². The van der Waals surface area contributed by atoms with Crippen LogP contribution in [0.3, 0.4) is 0 Å². The second-order valence-corrected chi connectivity index (χ2v) is 7.14. The van der Waals surface area contributed by atoms with Crippen molar-refractivity contribution in [3.63, 3.8) is 0 Å². The van der Waals surface area contributed by atoms with Crippen LogP contribution in [0.1, 0.15) is 20.8 Å². The molecule has 0 saturated heterocycles. The number of halogens is 2. The molecule has 0 aliphatic carbocycles. The Bertz CT molecular complexity index is 430. The molecule has 0 heterocycles. The fourth-order valence-corrected chi connectivity index (χ4v) is 4.81. The summed E-state index contributed by atoms with van der Waals surface area (Å²) in [5, 5.41) is 2.43. The first-order chi connectivity index (χ1) is 9.01. The van der Waals surface area contributed by atoms with Gasteiger partial charge in [-0.3, -0.25) is 0 Å². The molecular weight excluding hydrogens is 302 g/mol. The van der Waals surface area contributed by atoms with E-state index < -0.39 is 7.27 Å². The Morgan fingerprint density at radius 1 is 1.26 bits per heavy atom. The van der Waals surface area contributed by atoms with Crippen LogP contribution in [0.4, 0.5) is 0 Å². The molecule has 0 aliphatic heterocycles. The number of rotatable bonds is 6. The zero-order chi connectivity index (χ0) is 14.4. The van der Waals surface area contributed by atoms with Crippen LogP contribution >= 0.6 is 30.1 Å². The zero-order valence-corrected chi connectivity index (χ0v) is 14.0. The van der Waals surface area contributed by atoms with Crippen LogP contribution in [0.2, 0.25) is 0 Å². The molecule has 106 valence electrons. The maximum atomic E-state index is 6.60. The lowest BCUT2D eigenvalue weighted by molar-refractivity contribution is 0.251. The Morgan fingerprint density at radius 2 is 1.84 bits per heavy atom. The van der Waals surface area contributed by atoms with Crippen LogP contribution in [-0.4, -0.2) is 13.7 Å². The highest BCUT2D eigenvalue weighted by Crippen LogP contribution is 2.54. The van der Waals surface area contributed by atoms with Gasteiger partial charge in [-0.1, -0.05) is 25.1 Å². The van der Waals surface area contributed by atoms with Crippen molar-refractivity contribution in [2.24, 2.45) is 5.92 Å². The average molecular weight is 321 g/mol. The molecule has 2 nitrogen and oxygen atoms in total. The third-order valence-corrected chi connectivity index (χ3v) is 6.00. The predicted molar refractivity (Wildman–Crippen MR) is 84.7 cm³/mol. The van der Waals surface area contributed by atoms with Gasteiger partial charge in [-0.15, -0.1) is 0 Å². The van der Waals surface area contributed by atoms with Crippen molar-refractivity contribution in [2.75, 3.05) is 13.7 Å². The summed E-state index contributed by atoms with van der Waals surface area (Å²) in [5.41, 5.74) is 0. The van der Waals surface area contributed by atoms with Crippen molar-refractivity contribution in [3.05, 3.63) is 34.8 Å². The fourth-order valence-electron chi connectivity index (χ4n) is 1.58. The zero-order valence-electron chi connectivity index (χ0n) is 11.6. The van der Waals surface area contributed by atoms with Gasteiger partial charge < -0.3 is 9.47 Å². The number of allylic oxidation sites excluding steroid dienone is 1. The molecular formula is C14H19Cl2O2P. The minimum Gasteiger partial charge on any atom is -0.497 e. The summed E-state index contributed by atoms with van der Waals surface area (Å²) < 4.78 is 10.5. The first kappa shape index (κ1) is 16.6. The van der Waals surface area contributed by atoms with E-state index >= 15 is 0 Å². The SMILES string of the molecule is CCO/C(Cl)=C(/C(C)C)P(Cl)c1ccc(OC)cc1. The standard InChI is InChI=1S/C14H19Cl2O2P/c1-5-18-14(15)13(10(2)3)19(16)12-8-6-11(17-4)7-9-12/h6-10H,5H2,1-4H3/b14-13-. The van der Waals surface area contributed by atoms with Crippen LogP contribution in [0.5, 0.6) is 5.75 Å². The molecule has 19 heavy (non-hydrogen) atoms. The fraction of sp³-hybridized carbons (Fsp3) is 0.429. The highest BCUT2D eigenvalue weighted by atomic mass is 35.7. The summed E-state index contributed by atoms with van der Waals surface area (Å²) in [4.78, 5) is 0. The number of ether oxygens (including phenoxy) is 2. The normalized spacial score (nSPS) is 14.1. The highest BCUT2D eigenvalue weighted by molar-refractivity contribution is 7.93. The van der Waals surface area contributed by atoms with E-state index in [0.29, 0.717) is 11.8 Å². The minimum absolute atomic E-state index is 0.241. The third kappa shape index (κ3) is 4.56. The van der Waals surface area contributed by atoms with Gasteiger partial charge in [0.25, 0.3) is 0 Å². The van der Waals surface area contributed by atoms with Crippen molar-refractivity contribution in [2.45, 2.75) is 20.8 Å². The van der Waals surface area contributed by atoms with E-state index in [0.717, 1.165) is 16.4 Å². The van der Waals surface area contributed by atoms with E-state index in [9.17, 15) is 0 Å². The van der Waals surface area contributed by atoms with Gasteiger partial charge in [-0.05, 0) is 54.0 Å². The average Bonchev–Trinajstić information content (AvgIpc) is 2.38. The lowest BCUT2D eigenvalue weighted by atomic mass is 10.2. The summed E-state index contributed by atoms with van der Waals surface area (Å²) in [5.74, 6) is 1.06. The van der Waals surface area contributed by atoms with Gasteiger partial charge in [-0.2, -0.15) is 0 Å². The molecule has 1 atom stereocenters. The van der Waals surface area contributed by atoms with Crippen LogP contribution in [0.25, 0.3) is 0 Å². The van der Waals surface area contributed by atoms with Crippen molar-refractivity contribution in [1.82, 2.24) is 0 Å². The summed E-state index contributed by atoms with van der Waals surface area (Å²) >= 11 is 12.8. The number of benzene rings is 1. The first-order valence-corrected chi connectivity index (χ1v) is 8.76. The Kier molecular flexibility index (Phi) is 6.99. The second-order valence-electron chi connectivity index (χ2n) is 4.23. The topological polar surface area (TPSA) is 18.5 Å². The van der Waals surface area contributed by atoms with Crippen LogP contribution in [-0.2, 0) is 4.74 Å². The first-order valence-electron chi connectivity index (χ1n) is 6.13. The quantitative estimate of drug-likeness (QED) is 0.539. The lowest BCUT2D eigenvalue weighted by Gasteiger charge is -2.19. The van der Waals surface area contributed by atoms with Crippen molar-refractivity contribution in [3.8, 4) is 5.75 Å². The predicted octanol–water partition coefficient (Wildman–Crippen LogP) is 5.06. The van der Waals surface area contributed by atoms with Gasteiger partial charge in [0.1, 0.15) is 5.75 Å². The van der Waals surface area contributed by atoms with Crippen molar-refractivity contribution in [1.29, 1.82) is 0 Å². The van der Waals surface area contributed by atoms with Gasteiger partial charge in [0.2, 0.25) is 0 Å². The minimum atomic E-state index is -1.01. The summed E-state index contributed by atoms with van der Waals surface area (Å²) in [7, 11) is 0.635. The molecule has 0 aromatic heterocycles. The molecule has 0 bridgehead atoms. The molecule has 0 spiro atoms. The Morgan fingerprint density at radius 3 is 2.26 bits per heavy atom. The molecule has 0 radical (unpaired) electrons. The summed E-state index contributed by atoms with van der Waals surface area (Å²) in [6.45, 7) is 6.58. The molecule has 0 amide bonds. The van der Waals surface area contributed by atoms with E-state index in [2.05, 4.69) is 13.8 Å². The molecule has 0 saturated carbocycles. The maximum absolute atomic E-state index is 6.60. The van der Waals surface area contributed by atoms with Crippen LogP contribution < -0.4 is 10.0 Å². The van der Waals surface area contributed by atoms with Crippen LogP contribution in [0, 0.1) is 5.92 Å². The van der Waals surface area contributed by atoms with E-state index in [1.807, 2.05) is 31.2 Å². The van der Waals surface area contributed by atoms with Crippen molar-refractivity contribution < 1.29 is 9.47 Å². The highest BCUT2D eigenvalue weighted by Gasteiger charge is 2.21. The van der Waals surface area contributed by atoms with Crippen LogP contribution in [0.15, 0.2) is 34.8 Å². The number of hydrogen-bond donors (Lipinski definition) is 0. The smallest absolute Gasteiger partial charge is 0.192 e. The molecule has 0 fully saturated rings. The van der Waals surface area contributed by atoms with E-state index in [4.69, 9.17) is 32.3 Å². The molecule has 0 aliphatic rings. The van der Waals surface area contributed by atoms with Crippen molar-refractivity contribution >= 4 is 35.4 Å². The molecule has 0 N–H and O–H groups in total. The number of methoxy groups -OCH3 is 1. The summed E-state index contributed by atoms with van der Waals surface area (Å²) in [6.07, 6.45) is 0. The molecule has 5 heteroatoms. The largest absolute Gasteiger partial charge is 0.497 e. The van der Waals surface area contributed by atoms with Gasteiger partial charge in [0.15, 0.2) is 5.22 Å². The Balaban J connectivity index is 3.05. The number of hydrogen-bond acceptors (Lipinski definition) is 2. The Hall–Kier alpha value is -0.430.